The van der Waals surface area contributed by atoms with Crippen molar-refractivity contribution in [3.05, 3.63) is 52.8 Å². The highest BCUT2D eigenvalue weighted by Crippen LogP contribution is 2.32. The molecule has 28 heavy (non-hydrogen) atoms. The number of esters is 1. The van der Waals surface area contributed by atoms with Gasteiger partial charge in [0.25, 0.3) is 0 Å². The predicted octanol–water partition coefficient (Wildman–Crippen LogP) is 4.66. The lowest BCUT2D eigenvalue weighted by molar-refractivity contribution is -0.139. The zero-order valence-electron chi connectivity index (χ0n) is 16.4. The first-order valence-corrected chi connectivity index (χ1v) is 10.7. The van der Waals surface area contributed by atoms with Gasteiger partial charge in [-0.05, 0) is 44.2 Å². The first kappa shape index (κ1) is 20.5. The summed E-state index contributed by atoms with van der Waals surface area (Å²) in [6.07, 6.45) is 6.35. The molecule has 0 unspecified atom stereocenters. The summed E-state index contributed by atoms with van der Waals surface area (Å²) in [6.45, 7) is 3.53. The second-order valence-corrected chi connectivity index (χ2v) is 8.21. The topological polar surface area (TPSA) is 69.2 Å². The molecule has 1 aliphatic carbocycles. The monoisotopic (exact) mass is 398 g/mol. The van der Waals surface area contributed by atoms with Crippen molar-refractivity contribution in [1.82, 2.24) is 9.97 Å². The van der Waals surface area contributed by atoms with E-state index < -0.39 is 5.97 Å². The number of aryl methyl sites for hydroxylation is 2. The van der Waals surface area contributed by atoms with Crippen molar-refractivity contribution in [2.24, 2.45) is 0 Å². The molecule has 1 fully saturated rings. The van der Waals surface area contributed by atoms with Crippen LogP contribution in [0.1, 0.15) is 65.3 Å². The molecule has 5 nitrogen and oxygen atoms in total. The maximum absolute atomic E-state index is 12.3. The zero-order valence-corrected chi connectivity index (χ0v) is 17.3. The van der Waals surface area contributed by atoms with Gasteiger partial charge in [0.2, 0.25) is 0 Å². The van der Waals surface area contributed by atoms with Gasteiger partial charge in [0.15, 0.2) is 17.5 Å². The van der Waals surface area contributed by atoms with E-state index in [9.17, 15) is 9.59 Å². The van der Waals surface area contributed by atoms with E-state index in [4.69, 9.17) is 4.74 Å². The number of hydrogen-bond acceptors (Lipinski definition) is 6. The van der Waals surface area contributed by atoms with Crippen molar-refractivity contribution in [3.8, 4) is 0 Å². The summed E-state index contributed by atoms with van der Waals surface area (Å²) in [5, 5.41) is 0.541. The van der Waals surface area contributed by atoms with E-state index in [1.54, 1.807) is 0 Å². The molecule has 1 saturated carbocycles. The Labute approximate surface area is 170 Å². The van der Waals surface area contributed by atoms with Crippen molar-refractivity contribution in [2.75, 3.05) is 12.4 Å². The maximum Gasteiger partial charge on any atom is 0.316 e. The second-order valence-electron chi connectivity index (χ2n) is 7.26. The minimum Gasteiger partial charge on any atom is -0.457 e. The molecule has 0 spiro atoms. The van der Waals surface area contributed by atoms with E-state index in [1.807, 2.05) is 44.2 Å². The molecular weight excluding hydrogens is 372 g/mol. The molecule has 1 aromatic carbocycles. The minimum atomic E-state index is -0.445. The number of carbonyl (C=O) groups excluding carboxylic acids is 2. The molecule has 0 saturated heterocycles. The van der Waals surface area contributed by atoms with Gasteiger partial charge >= 0.3 is 5.97 Å². The summed E-state index contributed by atoms with van der Waals surface area (Å²) in [4.78, 5) is 32.8. The highest BCUT2D eigenvalue weighted by molar-refractivity contribution is 7.99. The number of rotatable bonds is 7. The Hall–Kier alpha value is -2.21. The van der Waals surface area contributed by atoms with Gasteiger partial charge in [-0.15, -0.1) is 0 Å². The maximum atomic E-state index is 12.3. The summed E-state index contributed by atoms with van der Waals surface area (Å²) in [5.41, 5.74) is 3.60. The number of aromatic nitrogens is 2. The van der Waals surface area contributed by atoms with Gasteiger partial charge in [0.1, 0.15) is 0 Å². The Morgan fingerprint density at radius 3 is 2.32 bits per heavy atom. The number of nitrogens with zero attached hydrogens (tertiary/aromatic N) is 2. The van der Waals surface area contributed by atoms with E-state index in [2.05, 4.69) is 9.97 Å². The van der Waals surface area contributed by atoms with Gasteiger partial charge in [-0.3, -0.25) is 9.59 Å². The first-order valence-electron chi connectivity index (χ1n) is 9.75. The number of Topliss-reactive ketones (excluding diaryl/α,β-unsaturated/α-hetero) is 1. The van der Waals surface area contributed by atoms with Gasteiger partial charge in [0.05, 0.1) is 5.75 Å². The van der Waals surface area contributed by atoms with E-state index in [1.165, 1.54) is 49.4 Å². The van der Waals surface area contributed by atoms with Gasteiger partial charge in [0, 0.05) is 17.0 Å². The van der Waals surface area contributed by atoms with Crippen LogP contribution in [0.3, 0.4) is 0 Å². The standard InChI is InChI=1S/C22H26N2O3S/c1-15-12-16(2)24-22(23-15)28-14-21(26)27-13-20(25)19-10-8-18(9-11-19)17-6-4-3-5-7-17/h8-12,17H,3-7,13-14H2,1-2H3. The van der Waals surface area contributed by atoms with Crippen LogP contribution in [0.15, 0.2) is 35.5 Å². The number of ketones is 1. The lowest BCUT2D eigenvalue weighted by Gasteiger charge is -2.22. The summed E-state index contributed by atoms with van der Waals surface area (Å²) in [5.74, 6) is 0.0629. The van der Waals surface area contributed by atoms with Crippen LogP contribution in [0.4, 0.5) is 0 Å². The zero-order chi connectivity index (χ0) is 19.9. The fourth-order valence-corrected chi connectivity index (χ4v) is 4.28. The molecule has 6 heteroatoms. The molecular formula is C22H26N2O3S. The average molecular weight is 399 g/mol. The number of thioether (sulfide) groups is 1. The Balaban J connectivity index is 1.45. The highest BCUT2D eigenvalue weighted by Gasteiger charge is 2.16. The van der Waals surface area contributed by atoms with Crippen LogP contribution < -0.4 is 0 Å². The molecule has 1 aliphatic rings. The quantitative estimate of drug-likeness (QED) is 0.292. The van der Waals surface area contributed by atoms with E-state index in [0.717, 1.165) is 11.4 Å². The Kier molecular flexibility index (Phi) is 7.20. The van der Waals surface area contributed by atoms with Crippen molar-refractivity contribution in [1.29, 1.82) is 0 Å². The van der Waals surface area contributed by atoms with Crippen LogP contribution >= 0.6 is 11.8 Å². The third-order valence-corrected chi connectivity index (χ3v) is 5.78. The molecule has 2 aromatic rings. The molecule has 3 rings (SSSR count). The smallest absolute Gasteiger partial charge is 0.316 e. The summed E-state index contributed by atoms with van der Waals surface area (Å²) < 4.78 is 5.12. The van der Waals surface area contributed by atoms with Crippen LogP contribution in [0.5, 0.6) is 0 Å². The van der Waals surface area contributed by atoms with Gasteiger partial charge < -0.3 is 4.74 Å². The number of hydrogen-bond donors (Lipinski definition) is 0. The SMILES string of the molecule is Cc1cc(C)nc(SCC(=O)OCC(=O)c2ccc(C3CCCCC3)cc2)n1. The largest absolute Gasteiger partial charge is 0.457 e. The van der Waals surface area contributed by atoms with Gasteiger partial charge in [-0.2, -0.15) is 0 Å². The normalized spacial score (nSPS) is 14.6. The molecule has 0 aliphatic heterocycles. The van der Waals surface area contributed by atoms with Crippen LogP contribution in [0, 0.1) is 13.8 Å². The third-order valence-electron chi connectivity index (χ3n) is 4.95. The molecule has 148 valence electrons. The van der Waals surface area contributed by atoms with Crippen LogP contribution in [0.25, 0.3) is 0 Å². The van der Waals surface area contributed by atoms with Crippen molar-refractivity contribution >= 4 is 23.5 Å². The first-order chi connectivity index (χ1) is 13.5. The fourth-order valence-electron chi connectivity index (χ4n) is 3.53. The van der Waals surface area contributed by atoms with E-state index in [-0.39, 0.29) is 18.1 Å². The summed E-state index contributed by atoms with van der Waals surface area (Å²) >= 11 is 1.21. The van der Waals surface area contributed by atoms with Crippen LogP contribution in [-0.2, 0) is 9.53 Å². The molecule has 0 N–H and O–H groups in total. The Morgan fingerprint density at radius 1 is 1.04 bits per heavy atom. The van der Waals surface area contributed by atoms with E-state index >= 15 is 0 Å². The molecule has 0 radical (unpaired) electrons. The second kappa shape index (κ2) is 9.82. The third kappa shape index (κ3) is 5.89. The van der Waals surface area contributed by atoms with Gasteiger partial charge in [-0.25, -0.2) is 9.97 Å². The Bertz CT molecular complexity index is 810. The molecule has 1 heterocycles. The van der Waals surface area contributed by atoms with E-state index in [0.29, 0.717) is 16.6 Å². The number of carbonyl (C=O) groups is 2. The fraction of sp³-hybridized carbons (Fsp3) is 0.455. The average Bonchev–Trinajstić information content (AvgIpc) is 2.70. The van der Waals surface area contributed by atoms with Crippen molar-refractivity contribution < 1.29 is 14.3 Å². The molecule has 0 bridgehead atoms. The predicted molar refractivity (Wildman–Crippen MR) is 110 cm³/mol. The molecule has 1 aromatic heterocycles. The Morgan fingerprint density at radius 2 is 1.68 bits per heavy atom. The number of benzene rings is 1. The van der Waals surface area contributed by atoms with Crippen molar-refractivity contribution in [2.45, 2.75) is 57.0 Å². The van der Waals surface area contributed by atoms with Crippen LogP contribution in [-0.4, -0.2) is 34.1 Å². The van der Waals surface area contributed by atoms with Crippen LogP contribution in [0.2, 0.25) is 0 Å². The van der Waals surface area contributed by atoms with Crippen molar-refractivity contribution in [3.63, 3.8) is 0 Å². The summed E-state index contributed by atoms with van der Waals surface area (Å²) in [7, 11) is 0. The molecule has 0 atom stereocenters. The highest BCUT2D eigenvalue weighted by atomic mass is 32.2. The van der Waals surface area contributed by atoms with Gasteiger partial charge in [-0.1, -0.05) is 55.3 Å². The lowest BCUT2D eigenvalue weighted by Crippen LogP contribution is -2.16. The summed E-state index contributed by atoms with van der Waals surface area (Å²) in [6, 6.07) is 9.65. The minimum absolute atomic E-state index is 0.0801. The lowest BCUT2D eigenvalue weighted by atomic mass is 9.84. The molecule has 0 amide bonds. The number of ether oxygens (including phenoxy) is 1.